The number of cyclic esters (lactones) is 1. The maximum Gasteiger partial charge on any atom is 0.410 e. The molecular formula is C24H25N7O4. The number of nitrogens with zero attached hydrogens (tertiary/aromatic N) is 6. The highest BCUT2D eigenvalue weighted by Gasteiger charge is 2.47. The maximum atomic E-state index is 13.2. The number of carbonyl (C=O) groups is 2. The fourth-order valence-corrected chi connectivity index (χ4v) is 5.17. The van der Waals surface area contributed by atoms with E-state index in [9.17, 15) is 9.59 Å². The second kappa shape index (κ2) is 7.97. The van der Waals surface area contributed by atoms with Gasteiger partial charge >= 0.3 is 6.09 Å². The van der Waals surface area contributed by atoms with Crippen LogP contribution in [-0.4, -0.2) is 67.6 Å². The van der Waals surface area contributed by atoms with Crippen molar-refractivity contribution >= 4 is 34.4 Å². The van der Waals surface area contributed by atoms with E-state index in [0.29, 0.717) is 29.4 Å². The number of ether oxygens (including phenoxy) is 2. The van der Waals surface area contributed by atoms with E-state index in [2.05, 4.69) is 15.4 Å². The van der Waals surface area contributed by atoms with Crippen LogP contribution in [0.3, 0.4) is 0 Å². The van der Waals surface area contributed by atoms with Crippen LogP contribution in [0, 0.1) is 0 Å². The number of hydrogen-bond donors (Lipinski definition) is 1. The number of hydrogen-bond acceptors (Lipinski definition) is 7. The molecule has 6 rings (SSSR count). The number of anilines is 1. The number of benzene rings is 1. The second-order valence-corrected chi connectivity index (χ2v) is 9.18. The molecule has 35 heavy (non-hydrogen) atoms. The lowest BCUT2D eigenvalue weighted by Gasteiger charge is -2.39. The summed E-state index contributed by atoms with van der Waals surface area (Å²) in [5.41, 5.74) is 1.59. The zero-order chi connectivity index (χ0) is 24.2. The number of rotatable bonds is 4. The quantitative estimate of drug-likeness (QED) is 0.482. The van der Waals surface area contributed by atoms with Crippen LogP contribution in [0.25, 0.3) is 16.6 Å². The Morgan fingerprint density at radius 3 is 2.86 bits per heavy atom. The van der Waals surface area contributed by atoms with Gasteiger partial charge in [-0.2, -0.15) is 14.7 Å². The number of aromatic nitrogens is 5. The molecule has 1 saturated carbocycles. The van der Waals surface area contributed by atoms with Gasteiger partial charge in [0.1, 0.15) is 12.4 Å². The topological polar surface area (TPSA) is 116 Å². The highest BCUT2D eigenvalue weighted by Crippen LogP contribution is 2.41. The normalized spacial score (nSPS) is 22.2. The smallest absolute Gasteiger partial charge is 0.410 e. The maximum absolute atomic E-state index is 13.2. The van der Waals surface area contributed by atoms with Gasteiger partial charge in [-0.05, 0) is 43.9 Å². The predicted molar refractivity (Wildman–Crippen MR) is 127 cm³/mol. The summed E-state index contributed by atoms with van der Waals surface area (Å²) in [4.78, 5) is 31.0. The number of amides is 2. The van der Waals surface area contributed by atoms with Gasteiger partial charge in [-0.25, -0.2) is 9.78 Å². The van der Waals surface area contributed by atoms with E-state index in [1.165, 1.54) is 7.11 Å². The molecule has 1 aliphatic heterocycles. The minimum Gasteiger partial charge on any atom is -0.496 e. The van der Waals surface area contributed by atoms with Gasteiger partial charge in [-0.1, -0.05) is 0 Å². The summed E-state index contributed by atoms with van der Waals surface area (Å²) < 4.78 is 14.3. The molecule has 4 heterocycles. The number of methoxy groups -OCH3 is 1. The largest absolute Gasteiger partial charge is 0.496 e. The van der Waals surface area contributed by atoms with E-state index >= 15 is 0 Å². The lowest BCUT2D eigenvalue weighted by atomic mass is 9.79. The van der Waals surface area contributed by atoms with Crippen LogP contribution in [0.5, 0.6) is 5.75 Å². The molecule has 0 bridgehead atoms. The molecule has 1 spiro atoms. The Balaban J connectivity index is 1.25. The van der Waals surface area contributed by atoms with Gasteiger partial charge < -0.3 is 19.7 Å². The van der Waals surface area contributed by atoms with Gasteiger partial charge in [-0.15, -0.1) is 0 Å². The molecule has 1 aliphatic carbocycles. The molecule has 1 aromatic carbocycles. The van der Waals surface area contributed by atoms with Crippen molar-refractivity contribution in [3.8, 4) is 5.75 Å². The summed E-state index contributed by atoms with van der Waals surface area (Å²) in [5.74, 6) is 0.587. The van der Waals surface area contributed by atoms with Crippen LogP contribution in [0.2, 0.25) is 0 Å². The molecule has 2 fully saturated rings. The molecular weight excluding hydrogens is 450 g/mol. The van der Waals surface area contributed by atoms with Gasteiger partial charge in [0.2, 0.25) is 0 Å². The summed E-state index contributed by atoms with van der Waals surface area (Å²) in [7, 11) is 3.35. The zero-order valence-corrected chi connectivity index (χ0v) is 19.5. The number of imidazole rings is 1. The zero-order valence-electron chi connectivity index (χ0n) is 19.5. The van der Waals surface area contributed by atoms with Crippen LogP contribution in [0.15, 0.2) is 42.9 Å². The minimum atomic E-state index is -0.322. The summed E-state index contributed by atoms with van der Waals surface area (Å²) in [5, 5.41) is 12.7. The summed E-state index contributed by atoms with van der Waals surface area (Å²) in [6, 6.07) is 7.39. The van der Waals surface area contributed by atoms with Crippen molar-refractivity contribution < 1.29 is 19.1 Å². The average molecular weight is 476 g/mol. The molecule has 1 saturated heterocycles. The van der Waals surface area contributed by atoms with Crippen molar-refractivity contribution in [2.24, 2.45) is 0 Å². The molecule has 180 valence electrons. The lowest BCUT2D eigenvalue weighted by Crippen LogP contribution is -2.47. The second-order valence-electron chi connectivity index (χ2n) is 9.18. The molecule has 4 aromatic rings. The molecule has 2 aliphatic rings. The van der Waals surface area contributed by atoms with Crippen molar-refractivity contribution in [3.05, 3.63) is 48.4 Å². The van der Waals surface area contributed by atoms with E-state index in [0.717, 1.165) is 36.6 Å². The van der Waals surface area contributed by atoms with E-state index in [-0.39, 0.29) is 23.6 Å². The monoisotopic (exact) mass is 475 g/mol. The first-order valence-electron chi connectivity index (χ1n) is 11.5. The predicted octanol–water partition coefficient (Wildman–Crippen LogP) is 3.28. The highest BCUT2D eigenvalue weighted by molar-refractivity contribution is 6.08. The van der Waals surface area contributed by atoms with Crippen LogP contribution < -0.4 is 10.1 Å². The first-order valence-corrected chi connectivity index (χ1v) is 11.5. The molecule has 3 aromatic heterocycles. The number of nitrogens with one attached hydrogen (secondary N) is 1. The molecule has 1 N–H and O–H groups in total. The minimum absolute atomic E-state index is 0.207. The van der Waals surface area contributed by atoms with Crippen LogP contribution in [0.1, 0.15) is 42.1 Å². The molecule has 2 amide bonds. The lowest BCUT2D eigenvalue weighted by molar-refractivity contribution is 0.102. The Labute approximate surface area is 200 Å². The van der Waals surface area contributed by atoms with E-state index < -0.39 is 0 Å². The van der Waals surface area contributed by atoms with E-state index in [1.807, 2.05) is 24.0 Å². The Kier molecular flexibility index (Phi) is 4.87. The molecule has 11 nitrogen and oxygen atoms in total. The standard InChI is InChI=1S/C24H25N7O4/c1-29-23(33)35-14-24(29)7-5-16(6-8-24)30-13-15-10-17(19(34-2)11-18(15)28-30)22(32)27-21-12-25-20-4-3-9-26-31(20)21/h3-4,9-13,16H,5-8,14H2,1-2H3,(H,27,32). The third-order valence-corrected chi connectivity index (χ3v) is 7.32. The van der Waals surface area contributed by atoms with Crippen molar-refractivity contribution in [2.75, 3.05) is 26.1 Å². The Morgan fingerprint density at radius 2 is 2.11 bits per heavy atom. The Hall–Kier alpha value is -4.15. The van der Waals surface area contributed by atoms with Crippen LogP contribution in [0.4, 0.5) is 10.6 Å². The van der Waals surface area contributed by atoms with Crippen molar-refractivity contribution in [3.63, 3.8) is 0 Å². The molecule has 11 heteroatoms. The fourth-order valence-electron chi connectivity index (χ4n) is 5.17. The third kappa shape index (κ3) is 3.46. The Morgan fingerprint density at radius 1 is 1.29 bits per heavy atom. The van der Waals surface area contributed by atoms with Crippen LogP contribution in [-0.2, 0) is 4.74 Å². The molecule has 0 atom stereocenters. The van der Waals surface area contributed by atoms with Crippen molar-refractivity contribution in [2.45, 2.75) is 37.3 Å². The highest BCUT2D eigenvalue weighted by atomic mass is 16.6. The summed E-state index contributed by atoms with van der Waals surface area (Å²) in [6.45, 7) is 0.452. The van der Waals surface area contributed by atoms with E-state index in [4.69, 9.17) is 14.6 Å². The molecule has 0 radical (unpaired) electrons. The summed E-state index contributed by atoms with van der Waals surface area (Å²) in [6.07, 6.45) is 8.44. The van der Waals surface area contributed by atoms with Gasteiger partial charge in [0.05, 0.1) is 36.0 Å². The Bertz CT molecular complexity index is 1450. The SMILES string of the molecule is COc1cc2nn(C3CCC4(CC3)COC(=O)N4C)cc2cc1C(=O)Nc1cnc2cccnn12. The number of likely N-dealkylation sites (N-methyl/N-ethyl adjacent to an activating group) is 1. The van der Waals surface area contributed by atoms with Crippen molar-refractivity contribution in [1.82, 2.24) is 29.3 Å². The van der Waals surface area contributed by atoms with Gasteiger partial charge in [0, 0.05) is 30.9 Å². The van der Waals surface area contributed by atoms with Crippen molar-refractivity contribution in [1.29, 1.82) is 0 Å². The van der Waals surface area contributed by atoms with Gasteiger partial charge in [-0.3, -0.25) is 9.48 Å². The average Bonchev–Trinajstić information content (AvgIpc) is 3.56. The number of carbonyl (C=O) groups excluding carboxylic acids is 2. The molecule has 0 unspecified atom stereocenters. The van der Waals surface area contributed by atoms with Crippen LogP contribution >= 0.6 is 0 Å². The van der Waals surface area contributed by atoms with Gasteiger partial charge in [0.25, 0.3) is 5.91 Å². The fraction of sp³-hybridized carbons (Fsp3) is 0.375. The summed E-state index contributed by atoms with van der Waals surface area (Å²) >= 11 is 0. The van der Waals surface area contributed by atoms with Gasteiger partial charge in [0.15, 0.2) is 11.5 Å². The first-order chi connectivity index (χ1) is 17.0. The first kappa shape index (κ1) is 21.4. The number of fused-ring (bicyclic) bond motifs is 2. The third-order valence-electron chi connectivity index (χ3n) is 7.32. The van der Waals surface area contributed by atoms with E-state index in [1.54, 1.807) is 40.0 Å².